The molecule has 0 aromatic heterocycles. The zero-order valence-electron chi connectivity index (χ0n) is 11.7. The number of amides is 1. The third kappa shape index (κ3) is 5.38. The lowest BCUT2D eigenvalue weighted by Crippen LogP contribution is -2.31. The van der Waals surface area contributed by atoms with Gasteiger partial charge in [0.2, 0.25) is 5.91 Å². The van der Waals surface area contributed by atoms with Gasteiger partial charge < -0.3 is 10.4 Å². The van der Waals surface area contributed by atoms with Crippen molar-refractivity contribution in [3.63, 3.8) is 0 Å². The van der Waals surface area contributed by atoms with Gasteiger partial charge in [-0.1, -0.05) is 23.4 Å². The Morgan fingerprint density at radius 1 is 1.48 bits per heavy atom. The van der Waals surface area contributed by atoms with Crippen LogP contribution in [-0.4, -0.2) is 37.5 Å². The van der Waals surface area contributed by atoms with Crippen LogP contribution in [0.2, 0.25) is 5.02 Å². The molecule has 0 bridgehead atoms. The van der Waals surface area contributed by atoms with E-state index in [1.54, 1.807) is 18.2 Å². The summed E-state index contributed by atoms with van der Waals surface area (Å²) in [5.74, 6) is 4.90. The first-order valence-electron chi connectivity index (χ1n) is 6.14. The fourth-order valence-corrected chi connectivity index (χ4v) is 1.96. The summed E-state index contributed by atoms with van der Waals surface area (Å²) in [6.07, 6.45) is 1.34. The molecule has 1 amide bonds. The van der Waals surface area contributed by atoms with E-state index in [9.17, 15) is 13.2 Å². The third-order valence-corrected chi connectivity index (χ3v) is 4.53. The van der Waals surface area contributed by atoms with Gasteiger partial charge in [0.05, 0.1) is 17.3 Å². The maximum atomic E-state index is 11.9. The Bertz CT molecular complexity index is 689. The predicted octanol–water partition coefficient (Wildman–Crippen LogP) is 1.45. The first-order chi connectivity index (χ1) is 9.75. The number of hydrogen-bond acceptors (Lipinski definition) is 4. The lowest BCUT2D eigenvalue weighted by molar-refractivity contribution is -0.115. The molecular formula is C14H16ClNO4S. The molecule has 1 rings (SSSR count). The average Bonchev–Trinajstić information content (AvgIpc) is 2.40. The summed E-state index contributed by atoms with van der Waals surface area (Å²) in [5, 5.41) is 10.3. The summed E-state index contributed by atoms with van der Waals surface area (Å²) in [6, 6.07) is 4.78. The van der Waals surface area contributed by atoms with E-state index in [4.69, 9.17) is 16.7 Å². The minimum absolute atomic E-state index is 0.0317. The van der Waals surface area contributed by atoms with Crippen LogP contribution in [0.4, 0.5) is 5.69 Å². The normalized spacial score (nSPS) is 12.2. The second-order valence-corrected chi connectivity index (χ2v) is 7.20. The van der Waals surface area contributed by atoms with Gasteiger partial charge in [0.1, 0.15) is 5.25 Å². The molecule has 0 saturated carbocycles. The van der Waals surface area contributed by atoms with Crippen molar-refractivity contribution in [3.05, 3.63) is 28.8 Å². The zero-order valence-corrected chi connectivity index (χ0v) is 13.3. The quantitative estimate of drug-likeness (QED) is 0.819. The smallest absolute Gasteiger partial charge is 0.242 e. The number of aliphatic hydroxyl groups excluding tert-OH is 1. The van der Waals surface area contributed by atoms with Crippen LogP contribution in [0.15, 0.2) is 18.2 Å². The van der Waals surface area contributed by atoms with Crippen LogP contribution in [-0.2, 0) is 14.6 Å². The van der Waals surface area contributed by atoms with Crippen molar-refractivity contribution < 1.29 is 18.3 Å². The summed E-state index contributed by atoms with van der Waals surface area (Å²) in [5.41, 5.74) is 0.906. The molecule has 0 aliphatic carbocycles. The molecule has 0 aliphatic heterocycles. The first kappa shape index (κ1) is 17.5. The molecule has 0 spiro atoms. The molecule has 1 aromatic carbocycles. The summed E-state index contributed by atoms with van der Waals surface area (Å²) >= 11 is 5.97. The molecule has 114 valence electrons. The van der Waals surface area contributed by atoms with Crippen molar-refractivity contribution in [1.82, 2.24) is 0 Å². The van der Waals surface area contributed by atoms with Crippen LogP contribution in [0.5, 0.6) is 0 Å². The minimum atomic E-state index is -3.47. The Labute approximate surface area is 129 Å². The van der Waals surface area contributed by atoms with Gasteiger partial charge in [-0.2, -0.15) is 0 Å². The highest BCUT2D eigenvalue weighted by Crippen LogP contribution is 2.23. The second kappa shape index (κ2) is 7.46. The summed E-state index contributed by atoms with van der Waals surface area (Å²) in [6.45, 7) is 1.28. The van der Waals surface area contributed by atoms with E-state index >= 15 is 0 Å². The Morgan fingerprint density at radius 3 is 2.71 bits per heavy atom. The van der Waals surface area contributed by atoms with Gasteiger partial charge in [-0.05, 0) is 25.1 Å². The van der Waals surface area contributed by atoms with Gasteiger partial charge in [0, 0.05) is 18.2 Å². The van der Waals surface area contributed by atoms with Gasteiger partial charge >= 0.3 is 0 Å². The zero-order chi connectivity index (χ0) is 16.0. The van der Waals surface area contributed by atoms with E-state index in [0.717, 1.165) is 6.26 Å². The van der Waals surface area contributed by atoms with Crippen LogP contribution in [0.3, 0.4) is 0 Å². The number of carbonyl (C=O) groups excluding carboxylic acids is 1. The van der Waals surface area contributed by atoms with Crippen LogP contribution in [0.1, 0.15) is 18.9 Å². The van der Waals surface area contributed by atoms with E-state index in [1.165, 1.54) is 6.92 Å². The van der Waals surface area contributed by atoms with E-state index < -0.39 is 21.0 Å². The molecule has 1 aromatic rings. The minimum Gasteiger partial charge on any atom is -0.395 e. The monoisotopic (exact) mass is 329 g/mol. The molecule has 5 nitrogen and oxygen atoms in total. The van der Waals surface area contributed by atoms with Crippen molar-refractivity contribution in [1.29, 1.82) is 0 Å². The number of hydrogen-bond donors (Lipinski definition) is 2. The Kier molecular flexibility index (Phi) is 6.21. The molecule has 1 atom stereocenters. The van der Waals surface area contributed by atoms with Crippen LogP contribution < -0.4 is 5.32 Å². The van der Waals surface area contributed by atoms with Crippen LogP contribution in [0.25, 0.3) is 0 Å². The van der Waals surface area contributed by atoms with Crippen molar-refractivity contribution in [2.75, 3.05) is 18.2 Å². The van der Waals surface area contributed by atoms with Gasteiger partial charge in [-0.3, -0.25) is 4.79 Å². The highest BCUT2D eigenvalue weighted by molar-refractivity contribution is 7.92. The molecule has 0 radical (unpaired) electrons. The average molecular weight is 330 g/mol. The maximum absolute atomic E-state index is 11.9. The van der Waals surface area contributed by atoms with E-state index in [2.05, 4.69) is 17.2 Å². The molecule has 7 heteroatoms. The van der Waals surface area contributed by atoms with Crippen molar-refractivity contribution >= 4 is 33.0 Å². The van der Waals surface area contributed by atoms with Gasteiger partial charge in [-0.15, -0.1) is 0 Å². The molecule has 1 unspecified atom stereocenters. The molecule has 0 fully saturated rings. The van der Waals surface area contributed by atoms with E-state index in [-0.39, 0.29) is 11.6 Å². The standard InChI is InChI=1S/C14H16ClNO4S/c1-10(21(2,19)20)14(18)16-13-9-11(5-3-4-8-17)6-7-12(13)15/h6-7,9-10,17H,4,8H2,1-2H3,(H,16,18). The Balaban J connectivity index is 2.96. The number of benzene rings is 1. The lowest BCUT2D eigenvalue weighted by Gasteiger charge is -2.11. The van der Waals surface area contributed by atoms with Crippen LogP contribution >= 0.6 is 11.6 Å². The van der Waals surface area contributed by atoms with E-state index in [0.29, 0.717) is 17.7 Å². The molecular weight excluding hydrogens is 314 g/mol. The molecule has 0 heterocycles. The highest BCUT2D eigenvalue weighted by atomic mass is 35.5. The lowest BCUT2D eigenvalue weighted by atomic mass is 10.2. The topological polar surface area (TPSA) is 83.5 Å². The van der Waals surface area contributed by atoms with Crippen LogP contribution in [0, 0.1) is 11.8 Å². The maximum Gasteiger partial charge on any atom is 0.242 e. The van der Waals surface area contributed by atoms with Crippen molar-refractivity contribution in [2.24, 2.45) is 0 Å². The number of nitrogens with one attached hydrogen (secondary N) is 1. The molecule has 0 saturated heterocycles. The fraction of sp³-hybridized carbons (Fsp3) is 0.357. The fourth-order valence-electron chi connectivity index (χ4n) is 1.35. The van der Waals surface area contributed by atoms with Gasteiger partial charge in [0.15, 0.2) is 9.84 Å². The van der Waals surface area contributed by atoms with Crippen molar-refractivity contribution in [3.8, 4) is 11.8 Å². The van der Waals surface area contributed by atoms with Crippen molar-refractivity contribution in [2.45, 2.75) is 18.6 Å². The van der Waals surface area contributed by atoms with E-state index in [1.807, 2.05) is 0 Å². The second-order valence-electron chi connectivity index (χ2n) is 4.43. The van der Waals surface area contributed by atoms with Gasteiger partial charge in [-0.25, -0.2) is 8.42 Å². The summed E-state index contributed by atoms with van der Waals surface area (Å²) in [7, 11) is -3.47. The highest BCUT2D eigenvalue weighted by Gasteiger charge is 2.24. The SMILES string of the molecule is CC(C(=O)Nc1cc(C#CCCO)ccc1Cl)S(C)(=O)=O. The third-order valence-electron chi connectivity index (χ3n) is 2.71. The number of aliphatic hydroxyl groups is 1. The summed E-state index contributed by atoms with van der Waals surface area (Å²) < 4.78 is 22.7. The number of halogens is 1. The van der Waals surface area contributed by atoms with Gasteiger partial charge in [0.25, 0.3) is 0 Å². The number of anilines is 1. The largest absolute Gasteiger partial charge is 0.395 e. The predicted molar refractivity (Wildman–Crippen MR) is 83.0 cm³/mol. The number of rotatable bonds is 4. The molecule has 2 N–H and O–H groups in total. The molecule has 0 aliphatic rings. The Morgan fingerprint density at radius 2 is 2.14 bits per heavy atom. The number of sulfone groups is 1. The number of carbonyl (C=O) groups is 1. The summed E-state index contributed by atoms with van der Waals surface area (Å²) in [4.78, 5) is 11.9. The molecule has 21 heavy (non-hydrogen) atoms. The first-order valence-corrected chi connectivity index (χ1v) is 8.48. The Hall–Kier alpha value is -1.55.